The van der Waals surface area contributed by atoms with Crippen molar-refractivity contribution in [1.82, 2.24) is 4.90 Å². The van der Waals surface area contributed by atoms with Gasteiger partial charge in [0.25, 0.3) is 0 Å². The Morgan fingerprint density at radius 1 is 1.58 bits per heavy atom. The van der Waals surface area contributed by atoms with Crippen LogP contribution in [0.25, 0.3) is 0 Å². The second kappa shape index (κ2) is 7.61. The molecule has 2 rings (SSSR count). The van der Waals surface area contributed by atoms with Crippen LogP contribution in [0.3, 0.4) is 0 Å². The van der Waals surface area contributed by atoms with Crippen LogP contribution in [-0.4, -0.2) is 64.0 Å². The highest BCUT2D eigenvalue weighted by atomic mass is 19.1. The predicted molar refractivity (Wildman–Crippen MR) is 94.6 cm³/mol. The van der Waals surface area contributed by atoms with E-state index in [-0.39, 0.29) is 11.3 Å². The molecule has 1 saturated heterocycles. The number of halogens is 1. The molecule has 0 saturated carbocycles. The second-order valence-electron chi connectivity index (χ2n) is 6.05. The molecule has 0 unspecified atom stereocenters. The maximum absolute atomic E-state index is 14.5. The zero-order chi connectivity index (χ0) is 17.9. The molecule has 1 aromatic carbocycles. The van der Waals surface area contributed by atoms with Gasteiger partial charge in [0.1, 0.15) is 11.4 Å². The van der Waals surface area contributed by atoms with Crippen molar-refractivity contribution in [3.63, 3.8) is 0 Å². The summed E-state index contributed by atoms with van der Waals surface area (Å²) in [6, 6.07) is 1.75. The van der Waals surface area contributed by atoms with Crippen molar-refractivity contribution in [3.8, 4) is 0 Å². The number of anilines is 2. The number of nitrogens with zero attached hydrogens (tertiary/aromatic N) is 3. The van der Waals surface area contributed by atoms with Crippen molar-refractivity contribution in [2.24, 2.45) is 4.99 Å². The molecular formula is C17H25FN4O2. The number of benzene rings is 1. The smallest absolute Gasteiger partial charge is 0.342 e. The van der Waals surface area contributed by atoms with Gasteiger partial charge in [0, 0.05) is 37.5 Å². The molecule has 0 radical (unpaired) electrons. The molecule has 1 aromatic rings. The number of esters is 1. The summed E-state index contributed by atoms with van der Waals surface area (Å²) in [5.74, 6) is -1.45. The van der Waals surface area contributed by atoms with Crippen molar-refractivity contribution < 1.29 is 13.9 Å². The number of carbonyl (C=O) groups is 1. The SMILES string of the molecule is CCN=Cc1c(N2CC[C@@H](N(C)C)C2)cc(F)c(C(=O)OC)c1N. The van der Waals surface area contributed by atoms with Crippen molar-refractivity contribution in [1.29, 1.82) is 0 Å². The van der Waals surface area contributed by atoms with Gasteiger partial charge in [-0.15, -0.1) is 0 Å². The minimum absolute atomic E-state index is 0.0716. The lowest BCUT2D eigenvalue weighted by atomic mass is 10.0. The standard InChI is InChI=1S/C17H25FN4O2/c1-5-20-9-12-14(22-7-6-11(10-22)21(2)3)8-13(18)15(16(12)19)17(23)24-4/h8-9,11H,5-7,10,19H2,1-4H3/t11-/m1/s1. The van der Waals surface area contributed by atoms with E-state index in [0.29, 0.717) is 23.8 Å². The first-order chi connectivity index (χ1) is 11.4. The molecular weight excluding hydrogens is 311 g/mol. The maximum atomic E-state index is 14.5. The van der Waals surface area contributed by atoms with Gasteiger partial charge in [-0.3, -0.25) is 4.99 Å². The normalized spacial score (nSPS) is 17.9. The number of hydrogen-bond acceptors (Lipinski definition) is 6. The minimum Gasteiger partial charge on any atom is -0.465 e. The lowest BCUT2D eigenvalue weighted by Gasteiger charge is -2.24. The molecule has 1 aliphatic heterocycles. The van der Waals surface area contributed by atoms with Crippen molar-refractivity contribution in [2.45, 2.75) is 19.4 Å². The molecule has 24 heavy (non-hydrogen) atoms. The first kappa shape index (κ1) is 18.2. The largest absolute Gasteiger partial charge is 0.465 e. The van der Waals surface area contributed by atoms with E-state index in [1.54, 1.807) is 6.21 Å². The molecule has 1 atom stereocenters. The fourth-order valence-corrected chi connectivity index (χ4v) is 2.94. The Balaban J connectivity index is 2.51. The van der Waals surface area contributed by atoms with Gasteiger partial charge in [-0.2, -0.15) is 0 Å². The van der Waals surface area contributed by atoms with E-state index in [2.05, 4.69) is 19.5 Å². The zero-order valence-electron chi connectivity index (χ0n) is 14.7. The highest BCUT2D eigenvalue weighted by Gasteiger charge is 2.29. The summed E-state index contributed by atoms with van der Waals surface area (Å²) in [5, 5.41) is 0. The Morgan fingerprint density at radius 3 is 2.83 bits per heavy atom. The molecule has 1 fully saturated rings. The molecule has 7 heteroatoms. The zero-order valence-corrected chi connectivity index (χ0v) is 14.7. The van der Waals surface area contributed by atoms with Crippen molar-refractivity contribution in [2.75, 3.05) is 51.5 Å². The van der Waals surface area contributed by atoms with Gasteiger partial charge in [-0.1, -0.05) is 0 Å². The number of likely N-dealkylation sites (N-methyl/N-ethyl adjacent to an activating group) is 1. The summed E-state index contributed by atoms with van der Waals surface area (Å²) in [6.07, 6.45) is 2.59. The topological polar surface area (TPSA) is 71.2 Å². The van der Waals surface area contributed by atoms with E-state index in [0.717, 1.165) is 19.5 Å². The van der Waals surface area contributed by atoms with Crippen LogP contribution in [0.2, 0.25) is 0 Å². The van der Waals surface area contributed by atoms with E-state index in [9.17, 15) is 9.18 Å². The fraction of sp³-hybridized carbons (Fsp3) is 0.529. The van der Waals surface area contributed by atoms with Gasteiger partial charge in [-0.05, 0) is 33.5 Å². The highest BCUT2D eigenvalue weighted by molar-refractivity contribution is 6.04. The summed E-state index contributed by atoms with van der Waals surface area (Å²) in [5.41, 5.74) is 7.17. The number of methoxy groups -OCH3 is 1. The van der Waals surface area contributed by atoms with Gasteiger partial charge in [0.15, 0.2) is 0 Å². The van der Waals surface area contributed by atoms with Crippen LogP contribution in [0.15, 0.2) is 11.1 Å². The predicted octanol–water partition coefficient (Wildman–Crippen LogP) is 1.77. The van der Waals surface area contributed by atoms with Crippen LogP contribution >= 0.6 is 0 Å². The van der Waals surface area contributed by atoms with Gasteiger partial charge < -0.3 is 20.3 Å². The van der Waals surface area contributed by atoms with Crippen molar-refractivity contribution >= 4 is 23.6 Å². The van der Waals surface area contributed by atoms with Gasteiger partial charge in [0.2, 0.25) is 0 Å². The van der Waals surface area contributed by atoms with Gasteiger partial charge in [-0.25, -0.2) is 9.18 Å². The lowest BCUT2D eigenvalue weighted by Crippen LogP contribution is -2.32. The molecule has 0 aromatic heterocycles. The molecule has 0 aliphatic carbocycles. The van der Waals surface area contributed by atoms with Gasteiger partial charge >= 0.3 is 5.97 Å². The van der Waals surface area contributed by atoms with E-state index < -0.39 is 11.8 Å². The van der Waals surface area contributed by atoms with E-state index in [1.165, 1.54) is 13.2 Å². The summed E-state index contributed by atoms with van der Waals surface area (Å²) in [6.45, 7) is 4.04. The Morgan fingerprint density at radius 2 is 2.29 bits per heavy atom. The number of carbonyl (C=O) groups excluding carboxylic acids is 1. The average Bonchev–Trinajstić information content (AvgIpc) is 3.03. The van der Waals surface area contributed by atoms with Crippen LogP contribution in [0, 0.1) is 5.82 Å². The third kappa shape index (κ3) is 3.51. The average molecular weight is 336 g/mol. The molecule has 0 spiro atoms. The van der Waals surface area contributed by atoms with Crippen LogP contribution in [0.5, 0.6) is 0 Å². The number of nitrogens with two attached hydrogens (primary N) is 1. The number of nitrogen functional groups attached to an aromatic ring is 1. The molecule has 6 nitrogen and oxygen atoms in total. The monoisotopic (exact) mass is 336 g/mol. The van der Waals surface area contributed by atoms with E-state index >= 15 is 0 Å². The number of ether oxygens (including phenoxy) is 1. The van der Waals surface area contributed by atoms with Gasteiger partial charge in [0.05, 0.1) is 18.5 Å². The molecule has 0 amide bonds. The fourth-order valence-electron chi connectivity index (χ4n) is 2.94. The number of aliphatic imine (C=N–C) groups is 1. The van der Waals surface area contributed by atoms with Crippen LogP contribution in [-0.2, 0) is 4.74 Å². The number of rotatable bonds is 5. The molecule has 1 heterocycles. The lowest BCUT2D eigenvalue weighted by molar-refractivity contribution is 0.0597. The quantitative estimate of drug-likeness (QED) is 0.504. The highest BCUT2D eigenvalue weighted by Crippen LogP contribution is 2.33. The summed E-state index contributed by atoms with van der Waals surface area (Å²) in [7, 11) is 5.27. The Bertz CT molecular complexity index is 646. The molecule has 132 valence electrons. The van der Waals surface area contributed by atoms with E-state index in [4.69, 9.17) is 5.73 Å². The Hall–Kier alpha value is -2.15. The second-order valence-corrected chi connectivity index (χ2v) is 6.05. The summed E-state index contributed by atoms with van der Waals surface area (Å²) >= 11 is 0. The van der Waals surface area contributed by atoms with E-state index in [1.807, 2.05) is 21.0 Å². The van der Waals surface area contributed by atoms with Crippen molar-refractivity contribution in [3.05, 3.63) is 23.0 Å². The Kier molecular flexibility index (Phi) is 5.77. The maximum Gasteiger partial charge on any atom is 0.342 e. The Labute approximate surface area is 142 Å². The molecule has 1 aliphatic rings. The summed E-state index contributed by atoms with van der Waals surface area (Å²) in [4.78, 5) is 20.3. The summed E-state index contributed by atoms with van der Waals surface area (Å²) < 4.78 is 19.1. The third-order valence-corrected chi connectivity index (χ3v) is 4.36. The van der Waals surface area contributed by atoms with Crippen LogP contribution in [0.4, 0.5) is 15.8 Å². The molecule has 2 N–H and O–H groups in total. The number of hydrogen-bond donors (Lipinski definition) is 1. The van der Waals surface area contributed by atoms with Crippen LogP contribution in [0.1, 0.15) is 29.3 Å². The minimum atomic E-state index is -0.782. The molecule has 0 bridgehead atoms. The third-order valence-electron chi connectivity index (χ3n) is 4.36. The van der Waals surface area contributed by atoms with Crippen LogP contribution < -0.4 is 10.6 Å². The first-order valence-corrected chi connectivity index (χ1v) is 8.02. The first-order valence-electron chi connectivity index (χ1n) is 8.02.